The van der Waals surface area contributed by atoms with Gasteiger partial charge in [0.2, 0.25) is 0 Å². The highest BCUT2D eigenvalue weighted by atomic mass is 16.1. The second-order valence-electron chi connectivity index (χ2n) is 6.87. The van der Waals surface area contributed by atoms with Gasteiger partial charge in [0, 0.05) is 16.8 Å². The number of rotatable bonds is 4. The topological polar surface area (TPSA) is 68.0 Å². The number of nitrogens with zero attached hydrogens (tertiary/aromatic N) is 1. The first kappa shape index (κ1) is 18.4. The summed E-state index contributed by atoms with van der Waals surface area (Å²) < 4.78 is 0. The predicted molar refractivity (Wildman–Crippen MR) is 119 cm³/mol. The largest absolute Gasteiger partial charge is 0.383 e. The van der Waals surface area contributed by atoms with Crippen LogP contribution in [0.5, 0.6) is 0 Å². The van der Waals surface area contributed by atoms with Gasteiger partial charge in [-0.25, -0.2) is 4.98 Å². The number of benzene rings is 3. The zero-order valence-corrected chi connectivity index (χ0v) is 16.1. The van der Waals surface area contributed by atoms with Gasteiger partial charge in [0.25, 0.3) is 5.91 Å². The third-order valence-electron chi connectivity index (χ3n) is 4.74. The third-order valence-corrected chi connectivity index (χ3v) is 4.74. The number of aryl methyl sites for hydroxylation is 1. The van der Waals surface area contributed by atoms with E-state index in [1.165, 1.54) is 0 Å². The molecule has 0 unspecified atom stereocenters. The molecule has 142 valence electrons. The van der Waals surface area contributed by atoms with Crippen LogP contribution < -0.4 is 11.1 Å². The predicted octanol–water partition coefficient (Wildman–Crippen LogP) is 5.56. The number of carbonyl (C=O) groups is 1. The van der Waals surface area contributed by atoms with Gasteiger partial charge in [-0.15, -0.1) is 0 Å². The van der Waals surface area contributed by atoms with E-state index in [0.717, 1.165) is 27.9 Å². The first-order chi connectivity index (χ1) is 14.1. The molecule has 0 aliphatic heterocycles. The molecular weight excluding hydrogens is 358 g/mol. The van der Waals surface area contributed by atoms with Gasteiger partial charge in [-0.1, -0.05) is 78.4 Å². The van der Waals surface area contributed by atoms with Crippen molar-refractivity contribution in [2.24, 2.45) is 0 Å². The Balaban J connectivity index is 1.82. The standard InChI is InChI=1S/C25H21N3O/c1-17-12-14-20(15-13-17)27-25(29)23-21(18-8-4-2-5-9-18)16-22(28-24(23)26)19-10-6-3-7-11-19/h2-16H,1H3,(H2,26,28)(H,27,29). The van der Waals surface area contributed by atoms with E-state index >= 15 is 0 Å². The van der Waals surface area contributed by atoms with Crippen molar-refractivity contribution >= 4 is 17.4 Å². The van der Waals surface area contributed by atoms with Gasteiger partial charge in [0.1, 0.15) is 5.82 Å². The molecular formula is C25H21N3O. The van der Waals surface area contributed by atoms with Crippen LogP contribution in [0, 0.1) is 6.92 Å². The van der Waals surface area contributed by atoms with E-state index in [1.807, 2.05) is 97.9 Å². The normalized spacial score (nSPS) is 10.5. The maximum absolute atomic E-state index is 13.1. The molecule has 1 amide bonds. The summed E-state index contributed by atoms with van der Waals surface area (Å²) in [6.45, 7) is 2.00. The number of carbonyl (C=O) groups excluding carboxylic acids is 1. The van der Waals surface area contributed by atoms with Crippen LogP contribution in [0.4, 0.5) is 11.5 Å². The van der Waals surface area contributed by atoms with Crippen molar-refractivity contribution in [2.45, 2.75) is 6.92 Å². The van der Waals surface area contributed by atoms with Gasteiger partial charge < -0.3 is 11.1 Å². The highest BCUT2D eigenvalue weighted by molar-refractivity contribution is 6.12. The summed E-state index contributed by atoms with van der Waals surface area (Å²) in [7, 11) is 0. The summed E-state index contributed by atoms with van der Waals surface area (Å²) >= 11 is 0. The Kier molecular flexibility index (Phi) is 5.08. The summed E-state index contributed by atoms with van der Waals surface area (Å²) in [5.41, 5.74) is 11.9. The Morgan fingerprint density at radius 1 is 0.828 bits per heavy atom. The fraction of sp³-hybridized carbons (Fsp3) is 0.0400. The number of aromatic nitrogens is 1. The van der Waals surface area contributed by atoms with E-state index < -0.39 is 0 Å². The molecule has 3 N–H and O–H groups in total. The van der Waals surface area contributed by atoms with Crippen molar-refractivity contribution in [3.63, 3.8) is 0 Å². The minimum atomic E-state index is -0.280. The summed E-state index contributed by atoms with van der Waals surface area (Å²) in [5, 5.41) is 2.94. The van der Waals surface area contributed by atoms with Gasteiger partial charge in [-0.2, -0.15) is 0 Å². The van der Waals surface area contributed by atoms with Crippen LogP contribution in [0.2, 0.25) is 0 Å². The van der Waals surface area contributed by atoms with Crippen molar-refractivity contribution in [1.29, 1.82) is 0 Å². The Morgan fingerprint density at radius 3 is 2.03 bits per heavy atom. The van der Waals surface area contributed by atoms with Crippen LogP contribution in [0.1, 0.15) is 15.9 Å². The third kappa shape index (κ3) is 4.01. The van der Waals surface area contributed by atoms with Crippen LogP contribution in [0.15, 0.2) is 91.0 Å². The SMILES string of the molecule is Cc1ccc(NC(=O)c2c(-c3ccccc3)cc(-c3ccccc3)nc2N)cc1. The number of amides is 1. The second-order valence-corrected chi connectivity index (χ2v) is 6.87. The molecule has 0 aliphatic rings. The first-order valence-electron chi connectivity index (χ1n) is 9.41. The monoisotopic (exact) mass is 379 g/mol. The molecule has 3 aromatic carbocycles. The number of nitrogens with one attached hydrogen (secondary N) is 1. The smallest absolute Gasteiger partial charge is 0.260 e. The Labute approximate surface area is 170 Å². The summed E-state index contributed by atoms with van der Waals surface area (Å²) in [4.78, 5) is 17.7. The Bertz CT molecular complexity index is 1140. The number of nitrogen functional groups attached to an aromatic ring is 1. The van der Waals surface area contributed by atoms with Crippen molar-refractivity contribution in [3.8, 4) is 22.4 Å². The lowest BCUT2D eigenvalue weighted by atomic mass is 9.97. The zero-order valence-electron chi connectivity index (χ0n) is 16.1. The van der Waals surface area contributed by atoms with E-state index in [4.69, 9.17) is 5.73 Å². The Hall–Kier alpha value is -3.92. The van der Waals surface area contributed by atoms with Crippen molar-refractivity contribution in [2.75, 3.05) is 11.1 Å². The summed E-state index contributed by atoms with van der Waals surface area (Å²) in [6.07, 6.45) is 0. The van der Waals surface area contributed by atoms with E-state index in [-0.39, 0.29) is 11.7 Å². The van der Waals surface area contributed by atoms with Crippen LogP contribution in [0.25, 0.3) is 22.4 Å². The minimum absolute atomic E-state index is 0.204. The minimum Gasteiger partial charge on any atom is -0.383 e. The molecule has 1 aromatic heterocycles. The zero-order chi connectivity index (χ0) is 20.2. The highest BCUT2D eigenvalue weighted by Gasteiger charge is 2.20. The van der Waals surface area contributed by atoms with Crippen LogP contribution in [0.3, 0.4) is 0 Å². The van der Waals surface area contributed by atoms with Gasteiger partial charge >= 0.3 is 0 Å². The second kappa shape index (κ2) is 7.98. The van der Waals surface area contributed by atoms with E-state index in [2.05, 4.69) is 10.3 Å². The molecule has 0 fully saturated rings. The molecule has 0 bridgehead atoms. The first-order valence-corrected chi connectivity index (χ1v) is 9.41. The lowest BCUT2D eigenvalue weighted by Crippen LogP contribution is -2.16. The number of pyridine rings is 1. The quantitative estimate of drug-likeness (QED) is 0.488. The van der Waals surface area contributed by atoms with E-state index in [0.29, 0.717) is 11.3 Å². The number of hydrogen-bond acceptors (Lipinski definition) is 3. The number of hydrogen-bond donors (Lipinski definition) is 2. The average Bonchev–Trinajstić information content (AvgIpc) is 2.76. The summed E-state index contributed by atoms with van der Waals surface area (Å²) in [5.74, 6) is -0.0767. The van der Waals surface area contributed by atoms with Crippen molar-refractivity contribution in [1.82, 2.24) is 4.98 Å². The molecule has 4 nitrogen and oxygen atoms in total. The maximum Gasteiger partial charge on any atom is 0.260 e. The average molecular weight is 379 g/mol. The molecule has 0 radical (unpaired) electrons. The lowest BCUT2D eigenvalue weighted by Gasteiger charge is -2.15. The fourth-order valence-electron chi connectivity index (χ4n) is 3.24. The highest BCUT2D eigenvalue weighted by Crippen LogP contribution is 2.32. The van der Waals surface area contributed by atoms with Gasteiger partial charge in [-0.3, -0.25) is 4.79 Å². The Morgan fingerprint density at radius 2 is 1.41 bits per heavy atom. The van der Waals surface area contributed by atoms with Crippen LogP contribution >= 0.6 is 0 Å². The van der Waals surface area contributed by atoms with Crippen LogP contribution in [-0.4, -0.2) is 10.9 Å². The van der Waals surface area contributed by atoms with Gasteiger partial charge in [-0.05, 0) is 30.7 Å². The molecule has 0 spiro atoms. The molecule has 4 rings (SSSR count). The van der Waals surface area contributed by atoms with Crippen molar-refractivity contribution in [3.05, 3.63) is 102 Å². The summed E-state index contributed by atoms with van der Waals surface area (Å²) in [6, 6.07) is 29.1. The molecule has 0 saturated heterocycles. The van der Waals surface area contributed by atoms with E-state index in [9.17, 15) is 4.79 Å². The molecule has 0 atom stereocenters. The molecule has 0 aliphatic carbocycles. The van der Waals surface area contributed by atoms with Gasteiger partial charge in [0.05, 0.1) is 11.3 Å². The van der Waals surface area contributed by atoms with Crippen molar-refractivity contribution < 1.29 is 4.79 Å². The fourth-order valence-corrected chi connectivity index (χ4v) is 3.24. The molecule has 0 saturated carbocycles. The number of nitrogens with two attached hydrogens (primary N) is 1. The molecule has 4 aromatic rings. The van der Waals surface area contributed by atoms with E-state index in [1.54, 1.807) is 0 Å². The number of anilines is 2. The van der Waals surface area contributed by atoms with Gasteiger partial charge in [0.15, 0.2) is 0 Å². The lowest BCUT2D eigenvalue weighted by molar-refractivity contribution is 0.102. The molecule has 4 heteroatoms. The molecule has 1 heterocycles. The maximum atomic E-state index is 13.1. The van der Waals surface area contributed by atoms with Crippen LogP contribution in [-0.2, 0) is 0 Å². The molecule has 29 heavy (non-hydrogen) atoms.